The van der Waals surface area contributed by atoms with Crippen molar-refractivity contribution in [1.29, 1.82) is 0 Å². The zero-order chi connectivity index (χ0) is 12.7. The summed E-state index contributed by atoms with van der Waals surface area (Å²) >= 11 is 12.1. The van der Waals surface area contributed by atoms with Crippen molar-refractivity contribution in [2.24, 2.45) is 0 Å². The average Bonchev–Trinajstić information content (AvgIpc) is 2.68. The summed E-state index contributed by atoms with van der Waals surface area (Å²) in [6.45, 7) is 0.851. The van der Waals surface area contributed by atoms with Crippen LogP contribution in [0, 0.1) is 5.82 Å². The number of hydrogen-bond donors (Lipinski definition) is 0. The predicted octanol–water partition coefficient (Wildman–Crippen LogP) is 4.33. The molecule has 2 aromatic rings. The maximum Gasteiger partial charge on any atom is 0.134 e. The minimum absolute atomic E-state index is 0.372. The maximum atomic E-state index is 13.9. The Bertz CT molecular complexity index is 607. The molecule has 1 aromatic carbocycles. The van der Waals surface area contributed by atoms with Crippen LogP contribution in [0.3, 0.4) is 0 Å². The van der Waals surface area contributed by atoms with Crippen molar-refractivity contribution >= 4 is 23.2 Å². The Kier molecular flexibility index (Phi) is 3.04. The SMILES string of the molecule is Fc1cc(Cl)ccc1-c1nn2c(c1Cl)CCCC2. The van der Waals surface area contributed by atoms with Crippen LogP contribution in [0.1, 0.15) is 18.5 Å². The van der Waals surface area contributed by atoms with Crippen LogP contribution in [0.25, 0.3) is 11.3 Å². The van der Waals surface area contributed by atoms with Gasteiger partial charge in [-0.3, -0.25) is 4.68 Å². The summed E-state index contributed by atoms with van der Waals surface area (Å²) in [5.74, 6) is -0.389. The highest BCUT2D eigenvalue weighted by molar-refractivity contribution is 6.34. The molecule has 0 atom stereocenters. The van der Waals surface area contributed by atoms with E-state index in [1.165, 1.54) is 6.07 Å². The van der Waals surface area contributed by atoms with Crippen LogP contribution in [0.15, 0.2) is 18.2 Å². The number of halogens is 3. The molecule has 2 heterocycles. The van der Waals surface area contributed by atoms with E-state index < -0.39 is 0 Å². The van der Waals surface area contributed by atoms with Gasteiger partial charge < -0.3 is 0 Å². The highest BCUT2D eigenvalue weighted by Gasteiger charge is 2.21. The minimum Gasteiger partial charge on any atom is -0.267 e. The first-order valence-electron chi connectivity index (χ1n) is 5.87. The van der Waals surface area contributed by atoms with Crippen molar-refractivity contribution < 1.29 is 4.39 Å². The van der Waals surface area contributed by atoms with Gasteiger partial charge in [-0.1, -0.05) is 23.2 Å². The Labute approximate surface area is 114 Å². The van der Waals surface area contributed by atoms with Gasteiger partial charge in [-0.2, -0.15) is 5.10 Å². The van der Waals surface area contributed by atoms with Gasteiger partial charge in [0.15, 0.2) is 0 Å². The smallest absolute Gasteiger partial charge is 0.134 e. The zero-order valence-corrected chi connectivity index (χ0v) is 11.1. The van der Waals surface area contributed by atoms with Gasteiger partial charge in [0.2, 0.25) is 0 Å². The maximum absolute atomic E-state index is 13.9. The number of benzene rings is 1. The lowest BCUT2D eigenvalue weighted by atomic mass is 10.1. The van der Waals surface area contributed by atoms with Gasteiger partial charge in [-0.05, 0) is 37.5 Å². The third-order valence-electron chi connectivity index (χ3n) is 3.21. The summed E-state index contributed by atoms with van der Waals surface area (Å²) in [5, 5.41) is 5.35. The zero-order valence-electron chi connectivity index (χ0n) is 9.59. The number of aryl methyl sites for hydroxylation is 1. The van der Waals surface area contributed by atoms with Crippen LogP contribution in [0.4, 0.5) is 4.39 Å². The lowest BCUT2D eigenvalue weighted by Gasteiger charge is -2.12. The molecule has 0 bridgehead atoms. The summed E-state index contributed by atoms with van der Waals surface area (Å²) in [6.07, 6.45) is 3.10. The second-order valence-corrected chi connectivity index (χ2v) is 5.23. The molecule has 0 N–H and O–H groups in total. The minimum atomic E-state index is -0.389. The van der Waals surface area contributed by atoms with Crippen molar-refractivity contribution in [1.82, 2.24) is 9.78 Å². The summed E-state index contributed by atoms with van der Waals surface area (Å²) in [5.41, 5.74) is 1.93. The van der Waals surface area contributed by atoms with Crippen LogP contribution in [0.2, 0.25) is 10.0 Å². The molecule has 1 aliphatic rings. The standard InChI is InChI=1S/C13H11Cl2FN2/c14-8-4-5-9(10(16)7-8)13-12(15)11-3-1-2-6-18(11)17-13/h4-5,7H,1-3,6H2. The summed E-state index contributed by atoms with van der Waals surface area (Å²) < 4.78 is 15.8. The van der Waals surface area contributed by atoms with Crippen molar-refractivity contribution in [2.45, 2.75) is 25.8 Å². The third-order valence-corrected chi connectivity index (χ3v) is 3.85. The van der Waals surface area contributed by atoms with E-state index in [9.17, 15) is 4.39 Å². The van der Waals surface area contributed by atoms with Gasteiger partial charge in [0.25, 0.3) is 0 Å². The average molecular weight is 285 g/mol. The monoisotopic (exact) mass is 284 g/mol. The quantitative estimate of drug-likeness (QED) is 0.762. The molecule has 5 heteroatoms. The normalized spacial score (nSPS) is 14.6. The number of nitrogens with zero attached hydrogens (tertiary/aromatic N) is 2. The molecule has 0 aliphatic carbocycles. The van der Waals surface area contributed by atoms with E-state index in [4.69, 9.17) is 23.2 Å². The lowest BCUT2D eigenvalue weighted by Crippen LogP contribution is -2.10. The molecule has 1 aliphatic heterocycles. The van der Waals surface area contributed by atoms with E-state index in [-0.39, 0.29) is 5.82 Å². The van der Waals surface area contributed by atoms with Crippen LogP contribution >= 0.6 is 23.2 Å². The third kappa shape index (κ3) is 1.91. The fourth-order valence-electron chi connectivity index (χ4n) is 2.31. The molecule has 18 heavy (non-hydrogen) atoms. The number of aromatic nitrogens is 2. The predicted molar refractivity (Wildman–Crippen MR) is 70.6 cm³/mol. The molecule has 3 rings (SSSR count). The van der Waals surface area contributed by atoms with Gasteiger partial charge in [0, 0.05) is 17.1 Å². The van der Waals surface area contributed by atoms with E-state index in [1.54, 1.807) is 12.1 Å². The number of rotatable bonds is 1. The second kappa shape index (κ2) is 4.56. The highest BCUT2D eigenvalue weighted by atomic mass is 35.5. The van der Waals surface area contributed by atoms with Crippen molar-refractivity contribution in [3.8, 4) is 11.3 Å². The van der Waals surface area contributed by atoms with E-state index in [0.717, 1.165) is 31.5 Å². The fraction of sp³-hybridized carbons (Fsp3) is 0.308. The first-order valence-corrected chi connectivity index (χ1v) is 6.63. The van der Waals surface area contributed by atoms with Crippen molar-refractivity contribution in [3.05, 3.63) is 39.8 Å². The lowest BCUT2D eigenvalue weighted by molar-refractivity contribution is 0.487. The van der Waals surface area contributed by atoms with Crippen LogP contribution in [0.5, 0.6) is 0 Å². The molecule has 94 valence electrons. The largest absolute Gasteiger partial charge is 0.267 e. The van der Waals surface area contributed by atoms with Gasteiger partial charge >= 0.3 is 0 Å². The molecule has 1 aromatic heterocycles. The van der Waals surface area contributed by atoms with Gasteiger partial charge in [0.05, 0.1) is 10.7 Å². The first-order chi connectivity index (χ1) is 8.66. The fourth-order valence-corrected chi connectivity index (χ4v) is 2.80. The van der Waals surface area contributed by atoms with Gasteiger partial charge in [-0.15, -0.1) is 0 Å². The van der Waals surface area contributed by atoms with Gasteiger partial charge in [0.1, 0.15) is 11.5 Å². The summed E-state index contributed by atoms with van der Waals surface area (Å²) in [7, 11) is 0. The topological polar surface area (TPSA) is 17.8 Å². The van der Waals surface area contributed by atoms with Crippen LogP contribution in [-0.4, -0.2) is 9.78 Å². The molecule has 0 fully saturated rings. The van der Waals surface area contributed by atoms with Gasteiger partial charge in [-0.25, -0.2) is 4.39 Å². The molecular weight excluding hydrogens is 274 g/mol. The number of fused-ring (bicyclic) bond motifs is 1. The van der Waals surface area contributed by atoms with Crippen LogP contribution in [-0.2, 0) is 13.0 Å². The molecule has 0 amide bonds. The molecule has 0 spiro atoms. The molecule has 0 radical (unpaired) electrons. The Morgan fingerprint density at radius 1 is 1.22 bits per heavy atom. The summed E-state index contributed by atoms with van der Waals surface area (Å²) in [4.78, 5) is 0. The van der Waals surface area contributed by atoms with E-state index in [0.29, 0.717) is 21.3 Å². The Hall–Kier alpha value is -1.06. The van der Waals surface area contributed by atoms with Crippen molar-refractivity contribution in [2.75, 3.05) is 0 Å². The van der Waals surface area contributed by atoms with E-state index in [2.05, 4.69) is 5.10 Å². The first kappa shape index (κ1) is 12.0. The Balaban J connectivity index is 2.14. The Morgan fingerprint density at radius 2 is 2.06 bits per heavy atom. The van der Waals surface area contributed by atoms with E-state index >= 15 is 0 Å². The molecule has 0 saturated heterocycles. The second-order valence-electron chi connectivity index (χ2n) is 4.41. The van der Waals surface area contributed by atoms with Crippen LogP contribution < -0.4 is 0 Å². The van der Waals surface area contributed by atoms with Crippen molar-refractivity contribution in [3.63, 3.8) is 0 Å². The Morgan fingerprint density at radius 3 is 2.78 bits per heavy atom. The molecule has 0 unspecified atom stereocenters. The highest BCUT2D eigenvalue weighted by Crippen LogP contribution is 2.34. The number of hydrogen-bond acceptors (Lipinski definition) is 1. The van der Waals surface area contributed by atoms with E-state index in [1.807, 2.05) is 4.68 Å². The summed E-state index contributed by atoms with van der Waals surface area (Å²) in [6, 6.07) is 4.55. The molecule has 2 nitrogen and oxygen atoms in total. The molecular formula is C13H11Cl2FN2. The molecule has 0 saturated carbocycles.